The lowest BCUT2D eigenvalue weighted by atomic mass is 10.1. The third-order valence-electron chi connectivity index (χ3n) is 3.85. The highest BCUT2D eigenvalue weighted by molar-refractivity contribution is 6.03. The SMILES string of the molecule is Cc1cccc(C)c1NC(=O)N1CCc2ccccc21. The van der Waals surface area contributed by atoms with Crippen molar-refractivity contribution < 1.29 is 4.79 Å². The Labute approximate surface area is 119 Å². The third kappa shape index (κ3) is 2.16. The van der Waals surface area contributed by atoms with Crippen molar-refractivity contribution in [1.82, 2.24) is 0 Å². The van der Waals surface area contributed by atoms with E-state index in [1.807, 2.05) is 55.1 Å². The second-order valence-corrected chi connectivity index (χ2v) is 5.23. The van der Waals surface area contributed by atoms with Crippen molar-refractivity contribution in [3.8, 4) is 0 Å². The molecule has 0 radical (unpaired) electrons. The van der Waals surface area contributed by atoms with Crippen molar-refractivity contribution in [2.45, 2.75) is 20.3 Å². The molecule has 0 aromatic heterocycles. The van der Waals surface area contributed by atoms with Gasteiger partial charge in [0.05, 0.1) is 0 Å². The van der Waals surface area contributed by atoms with Crippen molar-refractivity contribution in [2.24, 2.45) is 0 Å². The van der Waals surface area contributed by atoms with Gasteiger partial charge >= 0.3 is 6.03 Å². The number of carbonyl (C=O) groups excluding carboxylic acids is 1. The molecular formula is C17H18N2O. The first-order valence-electron chi connectivity index (χ1n) is 6.89. The van der Waals surface area contributed by atoms with Crippen LogP contribution in [0.15, 0.2) is 42.5 Å². The molecule has 0 atom stereocenters. The summed E-state index contributed by atoms with van der Waals surface area (Å²) in [5.41, 5.74) is 5.36. The van der Waals surface area contributed by atoms with Crippen LogP contribution in [0.3, 0.4) is 0 Å². The number of urea groups is 1. The summed E-state index contributed by atoms with van der Waals surface area (Å²) >= 11 is 0. The molecule has 1 aliphatic rings. The maximum absolute atomic E-state index is 12.5. The van der Waals surface area contributed by atoms with Crippen LogP contribution in [0, 0.1) is 13.8 Å². The number of para-hydroxylation sites is 2. The second-order valence-electron chi connectivity index (χ2n) is 5.23. The van der Waals surface area contributed by atoms with Crippen molar-refractivity contribution in [3.05, 3.63) is 59.2 Å². The molecule has 0 spiro atoms. The van der Waals surface area contributed by atoms with E-state index in [4.69, 9.17) is 0 Å². The highest BCUT2D eigenvalue weighted by Gasteiger charge is 2.24. The number of hydrogen-bond acceptors (Lipinski definition) is 1. The van der Waals surface area contributed by atoms with E-state index in [1.165, 1.54) is 5.56 Å². The first-order valence-corrected chi connectivity index (χ1v) is 6.89. The number of rotatable bonds is 1. The van der Waals surface area contributed by atoms with Crippen molar-refractivity contribution in [2.75, 3.05) is 16.8 Å². The fraction of sp³-hybridized carbons (Fsp3) is 0.235. The number of fused-ring (bicyclic) bond motifs is 1. The molecule has 2 aromatic rings. The summed E-state index contributed by atoms with van der Waals surface area (Å²) in [5, 5.41) is 3.05. The minimum absolute atomic E-state index is 0.0487. The van der Waals surface area contributed by atoms with Crippen LogP contribution < -0.4 is 10.2 Å². The fourth-order valence-electron chi connectivity index (χ4n) is 2.74. The van der Waals surface area contributed by atoms with Gasteiger partial charge in [-0.05, 0) is 43.0 Å². The number of nitrogens with zero attached hydrogens (tertiary/aromatic N) is 1. The maximum atomic E-state index is 12.5. The Morgan fingerprint density at radius 1 is 1.05 bits per heavy atom. The monoisotopic (exact) mass is 266 g/mol. The lowest BCUT2D eigenvalue weighted by Gasteiger charge is -2.20. The van der Waals surface area contributed by atoms with Gasteiger partial charge in [0.2, 0.25) is 0 Å². The van der Waals surface area contributed by atoms with Crippen LogP contribution in [0.4, 0.5) is 16.2 Å². The van der Waals surface area contributed by atoms with Gasteiger partial charge in [0.15, 0.2) is 0 Å². The third-order valence-corrected chi connectivity index (χ3v) is 3.85. The van der Waals surface area contributed by atoms with Gasteiger partial charge in [-0.2, -0.15) is 0 Å². The Balaban J connectivity index is 1.85. The fourth-order valence-corrected chi connectivity index (χ4v) is 2.74. The largest absolute Gasteiger partial charge is 0.326 e. The normalized spacial score (nSPS) is 13.2. The predicted octanol–water partition coefficient (Wildman–Crippen LogP) is 3.90. The number of nitrogens with one attached hydrogen (secondary N) is 1. The predicted molar refractivity (Wildman–Crippen MR) is 82.4 cm³/mol. The number of amides is 2. The van der Waals surface area contributed by atoms with Crippen LogP contribution in [-0.4, -0.2) is 12.6 Å². The van der Waals surface area contributed by atoms with E-state index in [0.717, 1.165) is 35.5 Å². The highest BCUT2D eigenvalue weighted by Crippen LogP contribution is 2.28. The average molecular weight is 266 g/mol. The summed E-state index contributed by atoms with van der Waals surface area (Å²) in [5.74, 6) is 0. The first-order chi connectivity index (χ1) is 9.66. The van der Waals surface area contributed by atoms with Gasteiger partial charge in [0.25, 0.3) is 0 Å². The molecule has 3 nitrogen and oxygen atoms in total. The Bertz CT molecular complexity index is 644. The molecule has 0 bridgehead atoms. The van der Waals surface area contributed by atoms with Crippen LogP contribution >= 0.6 is 0 Å². The van der Waals surface area contributed by atoms with E-state index >= 15 is 0 Å². The number of carbonyl (C=O) groups is 1. The summed E-state index contributed by atoms with van der Waals surface area (Å²) in [6.45, 7) is 4.77. The molecule has 0 aliphatic carbocycles. The standard InChI is InChI=1S/C17H18N2O/c1-12-6-5-7-13(2)16(12)18-17(20)19-11-10-14-8-3-4-9-15(14)19/h3-9H,10-11H2,1-2H3,(H,18,20). The quantitative estimate of drug-likeness (QED) is 0.834. The van der Waals surface area contributed by atoms with Crippen LogP contribution in [-0.2, 0) is 6.42 Å². The van der Waals surface area contributed by atoms with Crippen molar-refractivity contribution in [1.29, 1.82) is 0 Å². The molecule has 102 valence electrons. The molecule has 0 fully saturated rings. The smallest absolute Gasteiger partial charge is 0.307 e. The van der Waals surface area contributed by atoms with Crippen LogP contribution in [0.5, 0.6) is 0 Å². The Morgan fingerprint density at radius 3 is 2.50 bits per heavy atom. The van der Waals surface area contributed by atoms with E-state index in [2.05, 4.69) is 11.4 Å². The number of benzene rings is 2. The van der Waals surface area contributed by atoms with E-state index in [-0.39, 0.29) is 6.03 Å². The first kappa shape index (κ1) is 12.7. The summed E-state index contributed by atoms with van der Waals surface area (Å²) in [6, 6.07) is 14.1. The highest BCUT2D eigenvalue weighted by atomic mass is 16.2. The average Bonchev–Trinajstić information content (AvgIpc) is 2.87. The Morgan fingerprint density at radius 2 is 1.75 bits per heavy atom. The van der Waals surface area contributed by atoms with E-state index in [0.29, 0.717) is 0 Å². The molecule has 0 saturated heterocycles. The van der Waals surface area contributed by atoms with Gasteiger partial charge in [-0.25, -0.2) is 4.79 Å². The van der Waals surface area contributed by atoms with E-state index < -0.39 is 0 Å². The van der Waals surface area contributed by atoms with Gasteiger partial charge in [-0.15, -0.1) is 0 Å². The molecule has 0 saturated carbocycles. The summed E-state index contributed by atoms with van der Waals surface area (Å²) in [7, 11) is 0. The zero-order valence-electron chi connectivity index (χ0n) is 11.8. The molecule has 1 heterocycles. The van der Waals surface area contributed by atoms with Crippen LogP contribution in [0.1, 0.15) is 16.7 Å². The Hall–Kier alpha value is -2.29. The molecule has 1 N–H and O–H groups in total. The minimum atomic E-state index is -0.0487. The number of hydrogen-bond donors (Lipinski definition) is 1. The van der Waals surface area contributed by atoms with Gasteiger partial charge in [-0.3, -0.25) is 4.90 Å². The van der Waals surface area contributed by atoms with E-state index in [1.54, 1.807) is 0 Å². The molecule has 3 rings (SSSR count). The number of anilines is 2. The summed E-state index contributed by atoms with van der Waals surface area (Å²) in [4.78, 5) is 14.3. The van der Waals surface area contributed by atoms with Crippen LogP contribution in [0.2, 0.25) is 0 Å². The lowest BCUT2D eigenvalue weighted by molar-refractivity contribution is 0.257. The molecule has 0 unspecified atom stereocenters. The van der Waals surface area contributed by atoms with Crippen molar-refractivity contribution in [3.63, 3.8) is 0 Å². The molecule has 1 aliphatic heterocycles. The van der Waals surface area contributed by atoms with E-state index in [9.17, 15) is 4.79 Å². The molecule has 20 heavy (non-hydrogen) atoms. The molecule has 2 amide bonds. The zero-order valence-corrected chi connectivity index (χ0v) is 11.8. The van der Waals surface area contributed by atoms with Gasteiger partial charge < -0.3 is 5.32 Å². The van der Waals surface area contributed by atoms with Crippen molar-refractivity contribution >= 4 is 17.4 Å². The maximum Gasteiger partial charge on any atom is 0.326 e. The molecule has 3 heteroatoms. The number of aryl methyl sites for hydroxylation is 2. The molecular weight excluding hydrogens is 248 g/mol. The molecule has 2 aromatic carbocycles. The minimum Gasteiger partial charge on any atom is -0.307 e. The lowest BCUT2D eigenvalue weighted by Crippen LogP contribution is -2.33. The van der Waals surface area contributed by atoms with Gasteiger partial charge in [0.1, 0.15) is 0 Å². The summed E-state index contributed by atoms with van der Waals surface area (Å²) in [6.07, 6.45) is 0.927. The second kappa shape index (κ2) is 5.00. The zero-order chi connectivity index (χ0) is 14.1. The Kier molecular flexibility index (Phi) is 3.18. The topological polar surface area (TPSA) is 32.3 Å². The van der Waals surface area contributed by atoms with Gasteiger partial charge in [0, 0.05) is 17.9 Å². The van der Waals surface area contributed by atoms with Crippen LogP contribution in [0.25, 0.3) is 0 Å². The summed E-state index contributed by atoms with van der Waals surface area (Å²) < 4.78 is 0. The van der Waals surface area contributed by atoms with Gasteiger partial charge in [-0.1, -0.05) is 36.4 Å².